The van der Waals surface area contributed by atoms with Crippen LogP contribution in [0.5, 0.6) is 0 Å². The van der Waals surface area contributed by atoms with Gasteiger partial charge in [-0.15, -0.1) is 0 Å². The smallest absolute Gasteiger partial charge is 0.238 e. The molecule has 4 nitrogen and oxygen atoms in total. The summed E-state index contributed by atoms with van der Waals surface area (Å²) in [5.74, 6) is 0.656. The van der Waals surface area contributed by atoms with E-state index in [4.69, 9.17) is 5.73 Å². The second kappa shape index (κ2) is 5.47. The Kier molecular flexibility index (Phi) is 4.54. The number of nitrogens with two attached hydrogens (primary N) is 1. The van der Waals surface area contributed by atoms with Crippen molar-refractivity contribution in [3.05, 3.63) is 0 Å². The number of hydrogen-bond donors (Lipinski definition) is 2. The Balaban J connectivity index is 2.68. The third kappa shape index (κ3) is 3.47. The molecule has 1 heterocycles. The Labute approximate surface area is 92.2 Å². The second-order valence-corrected chi connectivity index (χ2v) is 4.84. The summed E-state index contributed by atoms with van der Waals surface area (Å²) < 4.78 is 0. The first kappa shape index (κ1) is 12.5. The maximum atomic E-state index is 11.8. The number of nitrogens with zero attached hydrogens (tertiary/aromatic N) is 1. The maximum Gasteiger partial charge on any atom is 0.238 e. The third-order valence-electron chi connectivity index (χ3n) is 2.80. The molecule has 0 aromatic heterocycles. The van der Waals surface area contributed by atoms with E-state index in [1.807, 2.05) is 6.92 Å². The Morgan fingerprint density at radius 2 is 2.27 bits per heavy atom. The molecule has 15 heavy (non-hydrogen) atoms. The molecule has 0 aliphatic carbocycles. The highest BCUT2D eigenvalue weighted by Crippen LogP contribution is 2.10. The van der Waals surface area contributed by atoms with Crippen molar-refractivity contribution in [3.63, 3.8) is 0 Å². The van der Waals surface area contributed by atoms with Crippen LogP contribution < -0.4 is 11.1 Å². The van der Waals surface area contributed by atoms with Gasteiger partial charge in [-0.3, -0.25) is 9.69 Å². The molecular weight excluding hydrogens is 190 g/mol. The molecule has 0 saturated carbocycles. The van der Waals surface area contributed by atoms with E-state index in [0.717, 1.165) is 19.5 Å². The minimum Gasteiger partial charge on any atom is -0.352 e. The molecule has 2 atom stereocenters. The maximum absolute atomic E-state index is 11.8. The molecule has 4 heteroatoms. The first-order valence-corrected chi connectivity index (χ1v) is 5.79. The van der Waals surface area contributed by atoms with E-state index in [0.29, 0.717) is 12.5 Å². The average Bonchev–Trinajstić information content (AvgIpc) is 2.25. The van der Waals surface area contributed by atoms with Crippen LogP contribution in [-0.2, 0) is 4.79 Å². The van der Waals surface area contributed by atoms with Crippen LogP contribution >= 0.6 is 0 Å². The van der Waals surface area contributed by atoms with Gasteiger partial charge < -0.3 is 11.1 Å². The van der Waals surface area contributed by atoms with Crippen LogP contribution in [0.15, 0.2) is 0 Å². The molecule has 88 valence electrons. The van der Waals surface area contributed by atoms with Crippen molar-refractivity contribution < 1.29 is 4.79 Å². The molecule has 1 amide bonds. The fourth-order valence-corrected chi connectivity index (χ4v) is 2.04. The van der Waals surface area contributed by atoms with Crippen LogP contribution in [0.2, 0.25) is 0 Å². The lowest BCUT2D eigenvalue weighted by atomic mass is 10.1. The zero-order valence-corrected chi connectivity index (χ0v) is 9.99. The number of hydrogen-bond acceptors (Lipinski definition) is 3. The van der Waals surface area contributed by atoms with Crippen LogP contribution in [-0.4, -0.2) is 42.5 Å². The van der Waals surface area contributed by atoms with Crippen molar-refractivity contribution in [2.24, 2.45) is 11.7 Å². The lowest BCUT2D eigenvalue weighted by molar-refractivity contribution is -0.125. The molecule has 3 N–H and O–H groups in total. The Hall–Kier alpha value is -0.610. The molecule has 0 spiro atoms. The second-order valence-electron chi connectivity index (χ2n) is 4.84. The van der Waals surface area contributed by atoms with Crippen LogP contribution in [0.3, 0.4) is 0 Å². The SMILES string of the molecule is CC(C)CN1CCC(C)NC(=O)C1CN. The number of amides is 1. The van der Waals surface area contributed by atoms with Gasteiger partial charge in [-0.25, -0.2) is 0 Å². The van der Waals surface area contributed by atoms with E-state index in [-0.39, 0.29) is 18.0 Å². The molecule has 1 aliphatic heterocycles. The van der Waals surface area contributed by atoms with Crippen LogP contribution in [0.4, 0.5) is 0 Å². The number of nitrogens with one attached hydrogen (secondary N) is 1. The van der Waals surface area contributed by atoms with Crippen LogP contribution in [0.1, 0.15) is 27.2 Å². The first-order valence-electron chi connectivity index (χ1n) is 5.79. The van der Waals surface area contributed by atoms with Gasteiger partial charge in [-0.05, 0) is 19.3 Å². The molecular formula is C11H23N3O. The van der Waals surface area contributed by atoms with Gasteiger partial charge in [0.2, 0.25) is 5.91 Å². The Bertz CT molecular complexity index is 218. The predicted octanol–water partition coefficient (Wildman–Crippen LogP) is 0.180. The number of carbonyl (C=O) groups excluding carboxylic acids is 1. The topological polar surface area (TPSA) is 58.4 Å². The van der Waals surface area contributed by atoms with Gasteiger partial charge in [0.25, 0.3) is 0 Å². The summed E-state index contributed by atoms with van der Waals surface area (Å²) in [6.07, 6.45) is 1.01. The van der Waals surface area contributed by atoms with Crippen LogP contribution in [0, 0.1) is 5.92 Å². The van der Waals surface area contributed by atoms with E-state index in [2.05, 4.69) is 24.1 Å². The normalized spacial score (nSPS) is 29.0. The molecule has 0 bridgehead atoms. The molecule has 0 radical (unpaired) electrons. The summed E-state index contributed by atoms with van der Waals surface area (Å²) in [5.41, 5.74) is 5.67. The lowest BCUT2D eigenvalue weighted by Crippen LogP contribution is -2.50. The lowest BCUT2D eigenvalue weighted by Gasteiger charge is -2.28. The predicted molar refractivity (Wildman–Crippen MR) is 61.5 cm³/mol. The zero-order chi connectivity index (χ0) is 11.4. The van der Waals surface area contributed by atoms with E-state index in [1.165, 1.54) is 0 Å². The summed E-state index contributed by atoms with van der Waals surface area (Å²) in [5, 5.41) is 2.99. The van der Waals surface area contributed by atoms with Gasteiger partial charge in [-0.2, -0.15) is 0 Å². The minimum absolute atomic E-state index is 0.0863. The molecule has 2 unspecified atom stereocenters. The summed E-state index contributed by atoms with van der Waals surface area (Å²) in [6, 6.07) is 0.126. The molecule has 0 aromatic rings. The van der Waals surface area contributed by atoms with Gasteiger partial charge in [-0.1, -0.05) is 13.8 Å². The van der Waals surface area contributed by atoms with E-state index in [9.17, 15) is 4.79 Å². The highest BCUT2D eigenvalue weighted by molar-refractivity contribution is 5.82. The zero-order valence-electron chi connectivity index (χ0n) is 9.99. The standard InChI is InChI=1S/C11H23N3O/c1-8(2)7-14-5-4-9(3)13-11(15)10(14)6-12/h8-10H,4-7,12H2,1-3H3,(H,13,15). The fourth-order valence-electron chi connectivity index (χ4n) is 2.04. The quantitative estimate of drug-likeness (QED) is 0.703. The molecule has 1 aliphatic rings. The van der Waals surface area contributed by atoms with Gasteiger partial charge in [0.05, 0.1) is 0 Å². The average molecular weight is 213 g/mol. The first-order chi connectivity index (χ1) is 7.04. The van der Waals surface area contributed by atoms with Crippen molar-refractivity contribution >= 4 is 5.91 Å². The van der Waals surface area contributed by atoms with E-state index >= 15 is 0 Å². The molecule has 0 aromatic carbocycles. The molecule has 1 rings (SSSR count). The molecule has 1 saturated heterocycles. The van der Waals surface area contributed by atoms with E-state index < -0.39 is 0 Å². The number of carbonyl (C=O) groups is 1. The summed E-state index contributed by atoms with van der Waals surface area (Å²) in [4.78, 5) is 14.0. The molecule has 1 fully saturated rings. The summed E-state index contributed by atoms with van der Waals surface area (Å²) in [7, 11) is 0. The van der Waals surface area contributed by atoms with Crippen molar-refractivity contribution in [1.82, 2.24) is 10.2 Å². The van der Waals surface area contributed by atoms with Crippen LogP contribution in [0.25, 0.3) is 0 Å². The summed E-state index contributed by atoms with van der Waals surface area (Å²) in [6.45, 7) is 8.69. The Morgan fingerprint density at radius 1 is 1.60 bits per heavy atom. The van der Waals surface area contributed by atoms with Gasteiger partial charge in [0.1, 0.15) is 6.04 Å². The van der Waals surface area contributed by atoms with E-state index in [1.54, 1.807) is 0 Å². The van der Waals surface area contributed by atoms with Crippen molar-refractivity contribution in [2.75, 3.05) is 19.6 Å². The number of rotatable bonds is 3. The van der Waals surface area contributed by atoms with Gasteiger partial charge >= 0.3 is 0 Å². The van der Waals surface area contributed by atoms with Crippen molar-refractivity contribution in [1.29, 1.82) is 0 Å². The van der Waals surface area contributed by atoms with Gasteiger partial charge in [0.15, 0.2) is 0 Å². The Morgan fingerprint density at radius 3 is 2.80 bits per heavy atom. The fraction of sp³-hybridized carbons (Fsp3) is 0.909. The largest absolute Gasteiger partial charge is 0.352 e. The highest BCUT2D eigenvalue weighted by Gasteiger charge is 2.29. The highest BCUT2D eigenvalue weighted by atomic mass is 16.2. The summed E-state index contributed by atoms with van der Waals surface area (Å²) >= 11 is 0. The monoisotopic (exact) mass is 213 g/mol. The van der Waals surface area contributed by atoms with Crippen molar-refractivity contribution in [3.8, 4) is 0 Å². The minimum atomic E-state index is -0.141. The van der Waals surface area contributed by atoms with Gasteiger partial charge in [0, 0.05) is 25.7 Å². The third-order valence-corrected chi connectivity index (χ3v) is 2.80. The van der Waals surface area contributed by atoms with Crippen molar-refractivity contribution in [2.45, 2.75) is 39.3 Å².